The van der Waals surface area contributed by atoms with Crippen molar-refractivity contribution in [2.75, 3.05) is 11.4 Å². The number of nitrogens with zero attached hydrogens (tertiary/aromatic N) is 1. The van der Waals surface area contributed by atoms with E-state index in [4.69, 9.17) is 9.31 Å². The van der Waals surface area contributed by atoms with Crippen LogP contribution in [-0.4, -0.2) is 33.8 Å². The van der Waals surface area contributed by atoms with Crippen LogP contribution in [0.5, 0.6) is 0 Å². The van der Waals surface area contributed by atoms with Crippen LogP contribution in [0.3, 0.4) is 0 Å². The van der Waals surface area contributed by atoms with Crippen LogP contribution in [0.2, 0.25) is 0 Å². The third-order valence-electron chi connectivity index (χ3n) is 5.18. The molecule has 1 aliphatic rings. The molecule has 1 heterocycles. The zero-order chi connectivity index (χ0) is 19.2. The lowest BCUT2D eigenvalue weighted by Gasteiger charge is -2.32. The van der Waals surface area contributed by atoms with Gasteiger partial charge >= 0.3 is 7.12 Å². The summed E-state index contributed by atoms with van der Waals surface area (Å²) in [5, 5.41) is 0. The second-order valence-electron chi connectivity index (χ2n) is 7.47. The van der Waals surface area contributed by atoms with Gasteiger partial charge in [-0.25, -0.2) is 8.42 Å². The second kappa shape index (κ2) is 6.41. The lowest BCUT2D eigenvalue weighted by atomic mass is 9.79. The van der Waals surface area contributed by atoms with Gasteiger partial charge in [-0.3, -0.25) is 4.31 Å². The minimum Gasteiger partial charge on any atom is -0.399 e. The molecular formula is C19H24BNO4S. The summed E-state index contributed by atoms with van der Waals surface area (Å²) >= 11 is 0. The van der Waals surface area contributed by atoms with Gasteiger partial charge < -0.3 is 9.31 Å². The lowest BCUT2D eigenvalue weighted by Crippen LogP contribution is -2.41. The van der Waals surface area contributed by atoms with Gasteiger partial charge in [0, 0.05) is 7.05 Å². The molecule has 1 fully saturated rings. The van der Waals surface area contributed by atoms with E-state index in [-0.39, 0.29) is 4.90 Å². The average Bonchev–Trinajstić information content (AvgIpc) is 2.83. The van der Waals surface area contributed by atoms with Gasteiger partial charge in [0.15, 0.2) is 0 Å². The molecule has 0 unspecified atom stereocenters. The van der Waals surface area contributed by atoms with Crippen molar-refractivity contribution in [3.63, 3.8) is 0 Å². The highest BCUT2D eigenvalue weighted by Crippen LogP contribution is 2.36. The second-order valence-corrected chi connectivity index (χ2v) is 9.43. The topological polar surface area (TPSA) is 55.8 Å². The molecule has 0 radical (unpaired) electrons. The Kier molecular flexibility index (Phi) is 4.67. The smallest absolute Gasteiger partial charge is 0.399 e. The molecule has 0 aromatic heterocycles. The van der Waals surface area contributed by atoms with E-state index in [1.165, 1.54) is 4.31 Å². The Morgan fingerprint density at radius 2 is 1.35 bits per heavy atom. The number of benzene rings is 2. The molecule has 5 nitrogen and oxygen atoms in total. The maximum absolute atomic E-state index is 12.7. The fourth-order valence-corrected chi connectivity index (χ4v) is 3.93. The van der Waals surface area contributed by atoms with Gasteiger partial charge in [0.2, 0.25) is 0 Å². The zero-order valence-corrected chi connectivity index (χ0v) is 16.6. The number of rotatable bonds is 4. The first-order valence-corrected chi connectivity index (χ1v) is 9.98. The molecule has 0 spiro atoms. The molecule has 7 heteroatoms. The first-order chi connectivity index (χ1) is 12.0. The van der Waals surface area contributed by atoms with Crippen molar-refractivity contribution in [1.29, 1.82) is 0 Å². The van der Waals surface area contributed by atoms with Gasteiger partial charge in [0.05, 0.1) is 21.8 Å². The largest absolute Gasteiger partial charge is 0.494 e. The molecule has 3 rings (SSSR count). The third-order valence-corrected chi connectivity index (χ3v) is 6.98. The SMILES string of the molecule is CN(c1ccc(B2OC(C)(C)C(C)(C)O2)cc1)S(=O)(=O)c1ccccc1. The summed E-state index contributed by atoms with van der Waals surface area (Å²) in [6.45, 7) is 8.01. The van der Waals surface area contributed by atoms with E-state index in [9.17, 15) is 8.42 Å². The maximum Gasteiger partial charge on any atom is 0.494 e. The van der Waals surface area contributed by atoms with Crippen LogP contribution in [0.25, 0.3) is 0 Å². The molecule has 0 amide bonds. The van der Waals surface area contributed by atoms with Gasteiger partial charge in [-0.15, -0.1) is 0 Å². The number of hydrogen-bond acceptors (Lipinski definition) is 4. The van der Waals surface area contributed by atoms with Crippen LogP contribution in [0, 0.1) is 0 Å². The van der Waals surface area contributed by atoms with Crippen molar-refractivity contribution < 1.29 is 17.7 Å². The fourth-order valence-electron chi connectivity index (χ4n) is 2.71. The van der Waals surface area contributed by atoms with Crippen molar-refractivity contribution in [2.45, 2.75) is 43.8 Å². The molecule has 1 saturated heterocycles. The van der Waals surface area contributed by atoms with Crippen molar-refractivity contribution in [3.05, 3.63) is 54.6 Å². The molecule has 1 aliphatic heterocycles. The van der Waals surface area contributed by atoms with Crippen molar-refractivity contribution in [3.8, 4) is 0 Å². The summed E-state index contributed by atoms with van der Waals surface area (Å²) in [6, 6.07) is 15.6. The van der Waals surface area contributed by atoms with Crippen molar-refractivity contribution >= 4 is 28.3 Å². The van der Waals surface area contributed by atoms with Gasteiger partial charge in [-0.1, -0.05) is 30.3 Å². The standard InChI is InChI=1S/C19H24BNO4S/c1-18(2)19(3,4)25-20(24-18)15-11-13-16(14-12-15)21(5)26(22,23)17-9-7-6-8-10-17/h6-14H,1-5H3. The van der Waals surface area contributed by atoms with Crippen molar-refractivity contribution in [2.24, 2.45) is 0 Å². The molecule has 0 bridgehead atoms. The Morgan fingerprint density at radius 1 is 0.846 bits per heavy atom. The van der Waals surface area contributed by atoms with E-state index in [0.29, 0.717) is 5.69 Å². The first-order valence-electron chi connectivity index (χ1n) is 8.54. The Hall–Kier alpha value is -1.83. The molecule has 26 heavy (non-hydrogen) atoms. The monoisotopic (exact) mass is 373 g/mol. The van der Waals surface area contributed by atoms with E-state index in [0.717, 1.165) is 5.46 Å². The Balaban J connectivity index is 1.82. The predicted molar refractivity (Wildman–Crippen MR) is 104 cm³/mol. The average molecular weight is 373 g/mol. The van der Waals surface area contributed by atoms with Gasteiger partial charge in [-0.2, -0.15) is 0 Å². The van der Waals surface area contributed by atoms with Crippen LogP contribution >= 0.6 is 0 Å². The number of anilines is 1. The van der Waals surface area contributed by atoms with Gasteiger partial charge in [-0.05, 0) is 57.4 Å². The third kappa shape index (κ3) is 3.27. The van der Waals surface area contributed by atoms with E-state index in [2.05, 4.69) is 0 Å². The molecule has 0 aliphatic carbocycles. The molecule has 0 N–H and O–H groups in total. The van der Waals surface area contributed by atoms with Gasteiger partial charge in [0.1, 0.15) is 0 Å². The minimum absolute atomic E-state index is 0.262. The molecular weight excluding hydrogens is 349 g/mol. The highest BCUT2D eigenvalue weighted by Gasteiger charge is 2.51. The maximum atomic E-state index is 12.7. The summed E-state index contributed by atoms with van der Waals surface area (Å²) in [6.07, 6.45) is 0. The van der Waals surface area contributed by atoms with Crippen LogP contribution in [0.4, 0.5) is 5.69 Å². The summed E-state index contributed by atoms with van der Waals surface area (Å²) in [7, 11) is -2.51. The highest BCUT2D eigenvalue weighted by atomic mass is 32.2. The normalized spacial score (nSPS) is 18.7. The van der Waals surface area contributed by atoms with Crippen LogP contribution in [-0.2, 0) is 19.3 Å². The van der Waals surface area contributed by atoms with Crippen LogP contribution in [0.15, 0.2) is 59.5 Å². The van der Waals surface area contributed by atoms with Gasteiger partial charge in [0.25, 0.3) is 10.0 Å². The van der Waals surface area contributed by atoms with E-state index in [1.54, 1.807) is 49.5 Å². The minimum atomic E-state index is -3.59. The van der Waals surface area contributed by atoms with E-state index in [1.807, 2.05) is 39.8 Å². The van der Waals surface area contributed by atoms with Crippen LogP contribution < -0.4 is 9.77 Å². The summed E-state index contributed by atoms with van der Waals surface area (Å²) in [5.41, 5.74) is 0.611. The quantitative estimate of drug-likeness (QED) is 0.774. The Labute approximate surface area is 156 Å². The summed E-state index contributed by atoms with van der Waals surface area (Å²) < 4.78 is 38.8. The number of sulfonamides is 1. The molecule has 2 aromatic rings. The van der Waals surface area contributed by atoms with E-state index < -0.39 is 28.3 Å². The molecule has 138 valence electrons. The molecule has 2 aromatic carbocycles. The predicted octanol–water partition coefficient (Wildman–Crippen LogP) is 2.81. The van der Waals surface area contributed by atoms with Crippen molar-refractivity contribution in [1.82, 2.24) is 0 Å². The Morgan fingerprint density at radius 3 is 1.85 bits per heavy atom. The lowest BCUT2D eigenvalue weighted by molar-refractivity contribution is 0.00578. The molecule has 0 saturated carbocycles. The van der Waals surface area contributed by atoms with Crippen LogP contribution in [0.1, 0.15) is 27.7 Å². The zero-order valence-electron chi connectivity index (χ0n) is 15.8. The van der Waals surface area contributed by atoms with E-state index >= 15 is 0 Å². The Bertz CT molecular complexity index is 864. The molecule has 0 atom stereocenters. The number of hydrogen-bond donors (Lipinski definition) is 0. The highest BCUT2D eigenvalue weighted by molar-refractivity contribution is 7.92. The fraction of sp³-hybridized carbons (Fsp3) is 0.368. The first kappa shape index (κ1) is 19.0. The summed E-state index contributed by atoms with van der Waals surface area (Å²) in [5.74, 6) is 0. The summed E-state index contributed by atoms with van der Waals surface area (Å²) in [4.78, 5) is 0.262.